The van der Waals surface area contributed by atoms with Gasteiger partial charge in [0.1, 0.15) is 23.0 Å². The maximum Gasteiger partial charge on any atom is 0.119 e. The molecule has 0 aliphatic rings. The summed E-state index contributed by atoms with van der Waals surface area (Å²) in [5, 5.41) is 0. The van der Waals surface area contributed by atoms with Crippen LogP contribution >= 0.6 is 0 Å². The van der Waals surface area contributed by atoms with Crippen LogP contribution in [-0.4, -0.2) is 26.4 Å². The average molecular weight is 799 g/mol. The molecule has 310 valence electrons. The molecule has 0 N–H and O–H groups in total. The van der Waals surface area contributed by atoms with Crippen molar-refractivity contribution in [3.05, 3.63) is 179 Å². The van der Waals surface area contributed by atoms with Crippen LogP contribution in [0, 0.1) is 0 Å². The van der Waals surface area contributed by atoms with Gasteiger partial charge in [-0.25, -0.2) is 0 Å². The van der Waals surface area contributed by atoms with E-state index in [0.29, 0.717) is 0 Å². The molecule has 6 aromatic carbocycles. The molecule has 6 aromatic rings. The van der Waals surface area contributed by atoms with E-state index in [9.17, 15) is 0 Å². The first-order valence-electron chi connectivity index (χ1n) is 22.1. The normalized spacial score (nSPS) is 10.8. The standard InChI is InChI=1S/C56H62O4/c1-5-9-37-57-51-29-21-47(22-30-51)55(48-23-31-52(32-24-48)58-38-10-6-2)41-43-13-17-45(18-14-43)46-19-15-44(16-20-46)42-56(49-25-33-53(34-26-49)59-39-11-7-3)50-27-35-54(36-28-50)60-40-12-8-4/h13-36,41-42H,5-12,37-40H2,1-4H3. The van der Waals surface area contributed by atoms with Crippen molar-refractivity contribution >= 4 is 23.3 Å². The Labute approximate surface area is 359 Å². The van der Waals surface area contributed by atoms with Gasteiger partial charge < -0.3 is 18.9 Å². The van der Waals surface area contributed by atoms with E-state index in [4.69, 9.17) is 18.9 Å². The molecule has 0 radical (unpaired) electrons. The molecule has 0 aliphatic carbocycles. The van der Waals surface area contributed by atoms with E-state index in [-0.39, 0.29) is 0 Å². The fourth-order valence-electron chi connectivity index (χ4n) is 6.80. The quantitative estimate of drug-likeness (QED) is 0.0478. The predicted molar refractivity (Wildman–Crippen MR) is 253 cm³/mol. The van der Waals surface area contributed by atoms with E-state index < -0.39 is 0 Å². The molecule has 0 aromatic heterocycles. The summed E-state index contributed by atoms with van der Waals surface area (Å²) in [6.07, 6.45) is 13.2. The molecule has 0 amide bonds. The number of hydrogen-bond acceptors (Lipinski definition) is 4. The van der Waals surface area contributed by atoms with E-state index in [1.54, 1.807) is 0 Å². The molecule has 0 bridgehead atoms. The average Bonchev–Trinajstić information content (AvgIpc) is 3.29. The molecule has 4 nitrogen and oxygen atoms in total. The van der Waals surface area contributed by atoms with Gasteiger partial charge in [-0.2, -0.15) is 0 Å². The van der Waals surface area contributed by atoms with Gasteiger partial charge in [-0.05, 0) is 142 Å². The second-order valence-corrected chi connectivity index (χ2v) is 15.3. The number of rotatable bonds is 23. The molecule has 0 saturated heterocycles. The van der Waals surface area contributed by atoms with E-state index in [1.807, 2.05) is 0 Å². The highest BCUT2D eigenvalue weighted by Crippen LogP contribution is 2.32. The lowest BCUT2D eigenvalue weighted by Gasteiger charge is -2.13. The maximum absolute atomic E-state index is 5.98. The lowest BCUT2D eigenvalue weighted by Crippen LogP contribution is -1.97. The zero-order chi connectivity index (χ0) is 41.8. The smallest absolute Gasteiger partial charge is 0.119 e. The van der Waals surface area contributed by atoms with Crippen LogP contribution in [0.15, 0.2) is 146 Å². The number of unbranched alkanes of at least 4 members (excludes halogenated alkanes) is 4. The minimum Gasteiger partial charge on any atom is -0.494 e. The Bertz CT molecular complexity index is 1920. The number of benzene rings is 6. The van der Waals surface area contributed by atoms with Crippen molar-refractivity contribution in [2.45, 2.75) is 79.1 Å². The third-order valence-corrected chi connectivity index (χ3v) is 10.5. The fourth-order valence-corrected chi connectivity index (χ4v) is 6.80. The lowest BCUT2D eigenvalue weighted by molar-refractivity contribution is 0.309. The summed E-state index contributed by atoms with van der Waals surface area (Å²) >= 11 is 0. The van der Waals surface area contributed by atoms with Crippen LogP contribution in [0.4, 0.5) is 0 Å². The van der Waals surface area contributed by atoms with Crippen molar-refractivity contribution in [2.75, 3.05) is 26.4 Å². The molecule has 0 heterocycles. The van der Waals surface area contributed by atoms with Crippen LogP contribution in [0.5, 0.6) is 23.0 Å². The second-order valence-electron chi connectivity index (χ2n) is 15.3. The van der Waals surface area contributed by atoms with Crippen LogP contribution in [0.3, 0.4) is 0 Å². The van der Waals surface area contributed by atoms with E-state index in [0.717, 1.165) is 145 Å². The Hall–Kier alpha value is -6.00. The lowest BCUT2D eigenvalue weighted by atomic mass is 9.94. The zero-order valence-electron chi connectivity index (χ0n) is 36.1. The summed E-state index contributed by atoms with van der Waals surface area (Å²) in [5.41, 5.74) is 11.4. The molecular weight excluding hydrogens is 737 g/mol. The molecule has 0 aliphatic heterocycles. The predicted octanol–water partition coefficient (Wildman–Crippen LogP) is 15.2. The van der Waals surface area contributed by atoms with E-state index >= 15 is 0 Å². The Morgan fingerprint density at radius 2 is 0.550 bits per heavy atom. The first-order valence-corrected chi connectivity index (χ1v) is 22.1. The molecule has 0 unspecified atom stereocenters. The second kappa shape index (κ2) is 23.6. The van der Waals surface area contributed by atoms with Crippen molar-refractivity contribution in [2.24, 2.45) is 0 Å². The minimum atomic E-state index is 0.735. The van der Waals surface area contributed by atoms with Gasteiger partial charge in [0.05, 0.1) is 26.4 Å². The Morgan fingerprint density at radius 1 is 0.317 bits per heavy atom. The van der Waals surface area contributed by atoms with Crippen LogP contribution < -0.4 is 18.9 Å². The van der Waals surface area contributed by atoms with Gasteiger partial charge >= 0.3 is 0 Å². The topological polar surface area (TPSA) is 36.9 Å². The van der Waals surface area contributed by atoms with E-state index in [1.165, 1.54) is 11.1 Å². The Kier molecular flexibility index (Phi) is 17.1. The van der Waals surface area contributed by atoms with Crippen LogP contribution in [-0.2, 0) is 0 Å². The van der Waals surface area contributed by atoms with Gasteiger partial charge in [0.15, 0.2) is 0 Å². The molecule has 0 saturated carbocycles. The molecule has 4 heteroatoms. The molecular formula is C56H62O4. The van der Waals surface area contributed by atoms with Crippen LogP contribution in [0.2, 0.25) is 0 Å². The summed E-state index contributed by atoms with van der Waals surface area (Å²) in [6.45, 7) is 11.7. The van der Waals surface area contributed by atoms with Gasteiger partial charge in [-0.1, -0.05) is 150 Å². The minimum absolute atomic E-state index is 0.735. The highest BCUT2D eigenvalue weighted by molar-refractivity contribution is 5.93. The van der Waals surface area contributed by atoms with E-state index in [2.05, 4.69) is 185 Å². The summed E-state index contributed by atoms with van der Waals surface area (Å²) in [4.78, 5) is 0. The highest BCUT2D eigenvalue weighted by Gasteiger charge is 2.10. The summed E-state index contributed by atoms with van der Waals surface area (Å²) in [6, 6.07) is 51.5. The summed E-state index contributed by atoms with van der Waals surface area (Å²) in [7, 11) is 0. The molecule has 0 fully saturated rings. The SMILES string of the molecule is CCCCOc1ccc(C(=Cc2ccc(-c3ccc(C=C(c4ccc(OCCCC)cc4)c4ccc(OCCCC)cc4)cc3)cc2)c2ccc(OCCCC)cc2)cc1. The van der Waals surface area contributed by atoms with Gasteiger partial charge in [0, 0.05) is 0 Å². The third kappa shape index (κ3) is 13.0. The molecule has 6 rings (SSSR count). The largest absolute Gasteiger partial charge is 0.494 e. The van der Waals surface area contributed by atoms with Crippen molar-refractivity contribution in [3.8, 4) is 34.1 Å². The number of ether oxygens (including phenoxy) is 4. The zero-order valence-corrected chi connectivity index (χ0v) is 36.1. The van der Waals surface area contributed by atoms with Crippen LogP contribution in [0.25, 0.3) is 34.4 Å². The number of hydrogen-bond donors (Lipinski definition) is 0. The van der Waals surface area contributed by atoms with Crippen molar-refractivity contribution < 1.29 is 18.9 Å². The molecule has 60 heavy (non-hydrogen) atoms. The molecule has 0 atom stereocenters. The third-order valence-electron chi connectivity index (χ3n) is 10.5. The fraction of sp³-hybridized carbons (Fsp3) is 0.286. The van der Waals surface area contributed by atoms with Gasteiger partial charge in [0.2, 0.25) is 0 Å². The molecule has 0 spiro atoms. The van der Waals surface area contributed by atoms with Crippen molar-refractivity contribution in [1.82, 2.24) is 0 Å². The summed E-state index contributed by atoms with van der Waals surface area (Å²) < 4.78 is 23.9. The van der Waals surface area contributed by atoms with Crippen molar-refractivity contribution in [1.29, 1.82) is 0 Å². The Morgan fingerprint density at radius 3 is 0.767 bits per heavy atom. The van der Waals surface area contributed by atoms with Crippen molar-refractivity contribution in [3.63, 3.8) is 0 Å². The first kappa shape index (κ1) is 43.6. The first-order chi connectivity index (χ1) is 29.6. The van der Waals surface area contributed by atoms with Crippen LogP contribution in [0.1, 0.15) is 112 Å². The maximum atomic E-state index is 5.98. The monoisotopic (exact) mass is 798 g/mol. The summed E-state index contributed by atoms with van der Waals surface area (Å²) in [5.74, 6) is 3.60. The van der Waals surface area contributed by atoms with Gasteiger partial charge in [0.25, 0.3) is 0 Å². The highest BCUT2D eigenvalue weighted by atomic mass is 16.5. The Balaban J connectivity index is 1.23. The van der Waals surface area contributed by atoms with Gasteiger partial charge in [-0.15, -0.1) is 0 Å². The van der Waals surface area contributed by atoms with Gasteiger partial charge in [-0.3, -0.25) is 0 Å².